The third-order valence-electron chi connectivity index (χ3n) is 1.04. The van der Waals surface area contributed by atoms with E-state index in [1.54, 1.807) is 6.07 Å². The first kappa shape index (κ1) is 8.51. The minimum absolute atomic E-state index is 0.401. The molecule has 0 aliphatic carbocycles. The molecule has 0 fully saturated rings. The molecule has 1 heterocycles. The Morgan fingerprint density at radius 1 is 1.64 bits per heavy atom. The van der Waals surface area contributed by atoms with E-state index < -0.39 is 0 Å². The minimum atomic E-state index is 0.401. The maximum absolute atomic E-state index is 8.22. The number of nitriles is 1. The number of hydrogen-bond acceptors (Lipinski definition) is 3. The number of hydrogen-bond donors (Lipinski definition) is 0. The second-order valence-electron chi connectivity index (χ2n) is 1.86. The van der Waals surface area contributed by atoms with Crippen LogP contribution in [0.4, 0.5) is 0 Å². The van der Waals surface area contributed by atoms with Crippen molar-refractivity contribution in [3.63, 3.8) is 0 Å². The van der Waals surface area contributed by atoms with Gasteiger partial charge in [-0.05, 0) is 23.7 Å². The van der Waals surface area contributed by atoms with Gasteiger partial charge in [-0.2, -0.15) is 5.26 Å². The zero-order valence-corrected chi connectivity index (χ0v) is 7.28. The average molecular weight is 188 g/mol. The maximum Gasteiger partial charge on any atom is 0.193 e. The minimum Gasteiger partial charge on any atom is -0.449 e. The molecular weight excluding hydrogens is 182 g/mol. The van der Waals surface area contributed by atoms with Crippen molar-refractivity contribution in [3.05, 3.63) is 23.1 Å². The highest BCUT2D eigenvalue weighted by Gasteiger charge is 1.98. The summed E-state index contributed by atoms with van der Waals surface area (Å²) in [5.74, 6) is 2.01. The van der Waals surface area contributed by atoms with E-state index in [0.717, 1.165) is 5.76 Å². The number of furan rings is 1. The first-order chi connectivity index (χ1) is 5.33. The first-order valence-electron chi connectivity index (χ1n) is 3.02. The molecule has 0 amide bonds. The fourth-order valence-corrected chi connectivity index (χ4v) is 1.34. The molecule has 0 unspecified atom stereocenters. The van der Waals surface area contributed by atoms with Crippen molar-refractivity contribution in [3.8, 4) is 6.07 Å². The lowest BCUT2D eigenvalue weighted by molar-refractivity contribution is 0.532. The Hall–Kier alpha value is -0.590. The fraction of sp³-hybridized carbons (Fsp3) is 0.286. The van der Waals surface area contributed by atoms with E-state index in [-0.39, 0.29) is 0 Å². The van der Waals surface area contributed by atoms with Crippen molar-refractivity contribution >= 4 is 23.4 Å². The van der Waals surface area contributed by atoms with Crippen molar-refractivity contribution in [2.45, 2.75) is 5.75 Å². The molecule has 0 bridgehead atoms. The molecular formula is C7H6ClNOS. The normalized spacial score (nSPS) is 9.45. The van der Waals surface area contributed by atoms with Crippen LogP contribution in [0.25, 0.3) is 0 Å². The van der Waals surface area contributed by atoms with Crippen molar-refractivity contribution < 1.29 is 4.42 Å². The van der Waals surface area contributed by atoms with E-state index in [2.05, 4.69) is 0 Å². The van der Waals surface area contributed by atoms with Crippen LogP contribution in [0, 0.1) is 11.3 Å². The second kappa shape index (κ2) is 4.32. The Morgan fingerprint density at radius 3 is 3.00 bits per heavy atom. The number of nitrogens with zero attached hydrogens (tertiary/aromatic N) is 1. The van der Waals surface area contributed by atoms with Gasteiger partial charge in [-0.3, -0.25) is 0 Å². The summed E-state index contributed by atoms with van der Waals surface area (Å²) in [6.45, 7) is 0. The van der Waals surface area contributed by atoms with Gasteiger partial charge in [0.15, 0.2) is 5.22 Å². The molecule has 58 valence electrons. The molecule has 4 heteroatoms. The summed E-state index contributed by atoms with van der Waals surface area (Å²) in [6.07, 6.45) is 0. The smallest absolute Gasteiger partial charge is 0.193 e. The summed E-state index contributed by atoms with van der Waals surface area (Å²) in [6, 6.07) is 5.54. The Labute approximate surface area is 74.1 Å². The van der Waals surface area contributed by atoms with Crippen LogP contribution in [-0.2, 0) is 5.75 Å². The SMILES string of the molecule is N#CCSCc1ccc(Cl)o1. The van der Waals surface area contributed by atoms with Crippen LogP contribution < -0.4 is 0 Å². The molecule has 0 aliphatic rings. The maximum atomic E-state index is 8.22. The lowest BCUT2D eigenvalue weighted by Crippen LogP contribution is -1.75. The van der Waals surface area contributed by atoms with Gasteiger partial charge >= 0.3 is 0 Å². The Morgan fingerprint density at radius 2 is 2.45 bits per heavy atom. The number of thioether (sulfide) groups is 1. The molecule has 0 spiro atoms. The molecule has 0 atom stereocenters. The summed E-state index contributed by atoms with van der Waals surface area (Å²) in [7, 11) is 0. The lowest BCUT2D eigenvalue weighted by Gasteiger charge is -1.90. The van der Waals surface area contributed by atoms with Crippen LogP contribution in [-0.4, -0.2) is 5.75 Å². The lowest BCUT2D eigenvalue weighted by atomic mass is 10.5. The standard InChI is InChI=1S/C7H6ClNOS/c8-7-2-1-6(10-7)5-11-4-3-9/h1-2H,4-5H2. The van der Waals surface area contributed by atoms with Crippen LogP contribution in [0.2, 0.25) is 5.22 Å². The Bertz CT molecular complexity index is 266. The summed E-state index contributed by atoms with van der Waals surface area (Å²) in [5.41, 5.74) is 0. The van der Waals surface area contributed by atoms with E-state index in [9.17, 15) is 0 Å². The zero-order chi connectivity index (χ0) is 8.10. The predicted molar refractivity (Wildman–Crippen MR) is 45.5 cm³/mol. The van der Waals surface area contributed by atoms with E-state index in [4.69, 9.17) is 21.3 Å². The molecule has 0 saturated heterocycles. The summed E-state index contributed by atoms with van der Waals surface area (Å²) >= 11 is 7.04. The van der Waals surface area contributed by atoms with E-state index in [1.165, 1.54) is 11.8 Å². The van der Waals surface area contributed by atoms with Crippen LogP contribution in [0.3, 0.4) is 0 Å². The van der Waals surface area contributed by atoms with Gasteiger partial charge < -0.3 is 4.42 Å². The summed E-state index contributed by atoms with van der Waals surface area (Å²) in [4.78, 5) is 0. The molecule has 0 N–H and O–H groups in total. The molecule has 1 aromatic heterocycles. The molecule has 11 heavy (non-hydrogen) atoms. The molecule has 0 saturated carbocycles. The topological polar surface area (TPSA) is 36.9 Å². The number of rotatable bonds is 3. The zero-order valence-electron chi connectivity index (χ0n) is 5.71. The monoisotopic (exact) mass is 187 g/mol. The molecule has 2 nitrogen and oxygen atoms in total. The van der Waals surface area contributed by atoms with E-state index >= 15 is 0 Å². The van der Waals surface area contributed by atoms with Crippen LogP contribution in [0.1, 0.15) is 5.76 Å². The molecule has 0 radical (unpaired) electrons. The third kappa shape index (κ3) is 2.87. The molecule has 1 rings (SSSR count). The van der Waals surface area contributed by atoms with Gasteiger partial charge in [0.2, 0.25) is 0 Å². The van der Waals surface area contributed by atoms with Gasteiger partial charge in [-0.15, -0.1) is 11.8 Å². The van der Waals surface area contributed by atoms with Crippen molar-refractivity contribution in [1.82, 2.24) is 0 Å². The fourth-order valence-electron chi connectivity index (χ4n) is 0.627. The van der Waals surface area contributed by atoms with Gasteiger partial charge in [0.25, 0.3) is 0 Å². The van der Waals surface area contributed by atoms with Gasteiger partial charge in [0, 0.05) is 0 Å². The third-order valence-corrected chi connectivity index (χ3v) is 2.06. The Kier molecular flexibility index (Phi) is 3.34. The highest BCUT2D eigenvalue weighted by atomic mass is 35.5. The van der Waals surface area contributed by atoms with Crippen LogP contribution in [0.15, 0.2) is 16.5 Å². The molecule has 1 aromatic rings. The van der Waals surface area contributed by atoms with Crippen molar-refractivity contribution in [2.75, 3.05) is 5.75 Å². The largest absolute Gasteiger partial charge is 0.449 e. The van der Waals surface area contributed by atoms with Crippen LogP contribution in [0.5, 0.6) is 0 Å². The second-order valence-corrected chi connectivity index (χ2v) is 3.21. The first-order valence-corrected chi connectivity index (χ1v) is 4.55. The average Bonchev–Trinajstić information content (AvgIpc) is 2.37. The Balaban J connectivity index is 2.34. The van der Waals surface area contributed by atoms with E-state index in [0.29, 0.717) is 16.7 Å². The highest BCUT2D eigenvalue weighted by molar-refractivity contribution is 7.98. The molecule has 0 aromatic carbocycles. The quantitative estimate of drug-likeness (QED) is 0.683. The van der Waals surface area contributed by atoms with Gasteiger partial charge in [-0.1, -0.05) is 0 Å². The van der Waals surface area contributed by atoms with Crippen molar-refractivity contribution in [2.24, 2.45) is 0 Å². The van der Waals surface area contributed by atoms with Gasteiger partial charge in [0.05, 0.1) is 17.6 Å². The predicted octanol–water partition coefficient (Wildman–Crippen LogP) is 2.69. The van der Waals surface area contributed by atoms with Crippen LogP contribution >= 0.6 is 23.4 Å². The van der Waals surface area contributed by atoms with E-state index in [1.807, 2.05) is 12.1 Å². The number of halogens is 1. The van der Waals surface area contributed by atoms with Gasteiger partial charge in [-0.25, -0.2) is 0 Å². The van der Waals surface area contributed by atoms with Gasteiger partial charge in [0.1, 0.15) is 5.76 Å². The van der Waals surface area contributed by atoms with Crippen molar-refractivity contribution in [1.29, 1.82) is 5.26 Å². The molecule has 0 aliphatic heterocycles. The summed E-state index contributed by atoms with van der Waals surface area (Å²) < 4.78 is 5.07. The summed E-state index contributed by atoms with van der Waals surface area (Å²) in [5, 5.41) is 8.62. The highest BCUT2D eigenvalue weighted by Crippen LogP contribution is 2.17.